The van der Waals surface area contributed by atoms with Crippen LogP contribution >= 0.6 is 0 Å². The second-order valence-electron chi connectivity index (χ2n) is 9.17. The molecule has 0 aromatic heterocycles. The summed E-state index contributed by atoms with van der Waals surface area (Å²) in [5.41, 5.74) is 1.29. The molecule has 37 heavy (non-hydrogen) atoms. The number of carbonyl (C=O) groups excluding carboxylic acids is 2. The van der Waals surface area contributed by atoms with E-state index in [1.54, 1.807) is 29.2 Å². The number of unbranched alkanes of at least 4 members (excludes halogenated alkanes) is 1. The molecule has 1 atom stereocenters. The fourth-order valence-corrected chi connectivity index (χ4v) is 4.44. The molecule has 1 fully saturated rings. The summed E-state index contributed by atoms with van der Waals surface area (Å²) >= 11 is 0. The average molecular weight is 509 g/mol. The van der Waals surface area contributed by atoms with Gasteiger partial charge in [-0.25, -0.2) is 0 Å². The van der Waals surface area contributed by atoms with Crippen LogP contribution in [-0.2, 0) is 9.59 Å². The molecule has 3 rings (SSSR count). The number of ketones is 1. The van der Waals surface area contributed by atoms with E-state index in [4.69, 9.17) is 9.47 Å². The lowest BCUT2D eigenvalue weighted by Gasteiger charge is -2.28. The molecule has 1 aliphatic heterocycles. The summed E-state index contributed by atoms with van der Waals surface area (Å²) < 4.78 is 11.5. The Morgan fingerprint density at radius 1 is 0.919 bits per heavy atom. The van der Waals surface area contributed by atoms with Crippen LogP contribution in [0.15, 0.2) is 54.1 Å². The van der Waals surface area contributed by atoms with Gasteiger partial charge in [-0.2, -0.15) is 0 Å². The SMILES string of the molecule is CCCCOc1cccc(C2C(=C(O)c3ccc(OCCC)cc3)C(=O)C(=O)N2CCN(CC)CC)c1. The third-order valence-corrected chi connectivity index (χ3v) is 6.63. The van der Waals surface area contributed by atoms with Crippen molar-refractivity contribution in [2.24, 2.45) is 0 Å². The van der Waals surface area contributed by atoms with Crippen molar-refractivity contribution in [1.29, 1.82) is 0 Å². The van der Waals surface area contributed by atoms with E-state index < -0.39 is 17.7 Å². The first-order valence-electron chi connectivity index (χ1n) is 13.4. The number of amides is 1. The molecule has 200 valence electrons. The summed E-state index contributed by atoms with van der Waals surface area (Å²) in [6.45, 7) is 12.2. The zero-order chi connectivity index (χ0) is 26.8. The van der Waals surface area contributed by atoms with Gasteiger partial charge in [0.1, 0.15) is 17.3 Å². The van der Waals surface area contributed by atoms with E-state index in [0.29, 0.717) is 43.4 Å². The number of aliphatic hydroxyl groups excluding tert-OH is 1. The summed E-state index contributed by atoms with van der Waals surface area (Å²) in [6, 6.07) is 13.7. The van der Waals surface area contributed by atoms with Crippen molar-refractivity contribution in [2.75, 3.05) is 39.4 Å². The van der Waals surface area contributed by atoms with Crippen molar-refractivity contribution in [3.8, 4) is 11.5 Å². The van der Waals surface area contributed by atoms with Crippen LogP contribution in [0, 0.1) is 0 Å². The molecule has 1 aliphatic rings. The molecule has 1 amide bonds. The molecular weight excluding hydrogens is 468 g/mol. The molecule has 7 heteroatoms. The summed E-state index contributed by atoms with van der Waals surface area (Å²) in [6.07, 6.45) is 2.85. The number of benzene rings is 2. The monoisotopic (exact) mass is 508 g/mol. The molecule has 7 nitrogen and oxygen atoms in total. The van der Waals surface area contributed by atoms with Crippen LogP contribution in [0.4, 0.5) is 0 Å². The number of likely N-dealkylation sites (N-methyl/N-ethyl adjacent to an activating group) is 1. The van der Waals surface area contributed by atoms with Crippen LogP contribution in [0.1, 0.15) is 64.1 Å². The fraction of sp³-hybridized carbons (Fsp3) is 0.467. The first kappa shape index (κ1) is 28.3. The Bertz CT molecular complexity index is 1080. The highest BCUT2D eigenvalue weighted by atomic mass is 16.5. The van der Waals surface area contributed by atoms with Crippen molar-refractivity contribution in [3.05, 3.63) is 65.2 Å². The van der Waals surface area contributed by atoms with Crippen molar-refractivity contribution in [3.63, 3.8) is 0 Å². The number of rotatable bonds is 14. The third-order valence-electron chi connectivity index (χ3n) is 6.63. The van der Waals surface area contributed by atoms with Crippen LogP contribution in [0.5, 0.6) is 11.5 Å². The smallest absolute Gasteiger partial charge is 0.295 e. The van der Waals surface area contributed by atoms with E-state index in [1.165, 1.54) is 0 Å². The quantitative estimate of drug-likeness (QED) is 0.159. The third kappa shape index (κ3) is 6.92. The minimum absolute atomic E-state index is 0.0949. The van der Waals surface area contributed by atoms with Gasteiger partial charge in [0.05, 0.1) is 24.8 Å². The number of aliphatic hydroxyl groups is 1. The van der Waals surface area contributed by atoms with Gasteiger partial charge in [-0.15, -0.1) is 0 Å². The fourth-order valence-electron chi connectivity index (χ4n) is 4.44. The highest BCUT2D eigenvalue weighted by molar-refractivity contribution is 6.46. The predicted octanol–water partition coefficient (Wildman–Crippen LogP) is 5.42. The van der Waals surface area contributed by atoms with Crippen LogP contribution < -0.4 is 9.47 Å². The maximum atomic E-state index is 13.3. The summed E-state index contributed by atoms with van der Waals surface area (Å²) in [7, 11) is 0. The number of hydrogen-bond acceptors (Lipinski definition) is 6. The number of likely N-dealkylation sites (tertiary alicyclic amines) is 1. The first-order chi connectivity index (χ1) is 17.9. The summed E-state index contributed by atoms with van der Waals surface area (Å²) in [5, 5.41) is 11.3. The number of nitrogens with zero attached hydrogens (tertiary/aromatic N) is 2. The summed E-state index contributed by atoms with van der Waals surface area (Å²) in [5.74, 6) is -0.0955. The molecule has 0 bridgehead atoms. The number of hydrogen-bond donors (Lipinski definition) is 1. The van der Waals surface area contributed by atoms with Crippen molar-refractivity contribution < 1.29 is 24.2 Å². The molecular formula is C30H40N2O5. The zero-order valence-corrected chi connectivity index (χ0v) is 22.5. The maximum Gasteiger partial charge on any atom is 0.295 e. The molecule has 2 aromatic carbocycles. The molecule has 1 heterocycles. The highest BCUT2D eigenvalue weighted by Gasteiger charge is 2.46. The van der Waals surface area contributed by atoms with Crippen molar-refractivity contribution >= 4 is 17.4 Å². The second-order valence-corrected chi connectivity index (χ2v) is 9.17. The average Bonchev–Trinajstić information content (AvgIpc) is 3.17. The van der Waals surface area contributed by atoms with Crippen LogP contribution in [0.3, 0.4) is 0 Å². The molecule has 0 radical (unpaired) electrons. The van der Waals surface area contributed by atoms with Gasteiger partial charge < -0.3 is 24.4 Å². The molecule has 1 N–H and O–H groups in total. The van der Waals surface area contributed by atoms with Crippen LogP contribution in [-0.4, -0.2) is 66.0 Å². The molecule has 1 unspecified atom stereocenters. The van der Waals surface area contributed by atoms with Crippen molar-refractivity contribution in [1.82, 2.24) is 9.80 Å². The lowest BCUT2D eigenvalue weighted by molar-refractivity contribution is -0.140. The van der Waals surface area contributed by atoms with E-state index in [0.717, 1.165) is 37.9 Å². The first-order valence-corrected chi connectivity index (χ1v) is 13.4. The van der Waals surface area contributed by atoms with Crippen LogP contribution in [0.2, 0.25) is 0 Å². The van der Waals surface area contributed by atoms with E-state index in [1.807, 2.05) is 31.2 Å². The molecule has 0 saturated carbocycles. The second kappa shape index (κ2) is 13.8. The molecule has 2 aromatic rings. The Balaban J connectivity index is 2.03. The van der Waals surface area contributed by atoms with E-state index in [-0.39, 0.29) is 11.3 Å². The molecule has 0 spiro atoms. The normalized spacial score (nSPS) is 17.0. The Kier molecular flexibility index (Phi) is 10.6. The lowest BCUT2D eigenvalue weighted by Crippen LogP contribution is -2.38. The maximum absolute atomic E-state index is 13.3. The van der Waals surface area contributed by atoms with E-state index in [9.17, 15) is 14.7 Å². The molecule has 0 aliphatic carbocycles. The minimum Gasteiger partial charge on any atom is -0.507 e. The Morgan fingerprint density at radius 2 is 1.62 bits per heavy atom. The summed E-state index contributed by atoms with van der Waals surface area (Å²) in [4.78, 5) is 30.4. The van der Waals surface area contributed by atoms with Gasteiger partial charge in [-0.05, 0) is 67.9 Å². The Labute approximate surface area is 220 Å². The zero-order valence-electron chi connectivity index (χ0n) is 22.5. The van der Waals surface area contributed by atoms with Gasteiger partial charge in [0.15, 0.2) is 0 Å². The minimum atomic E-state index is -0.707. The van der Waals surface area contributed by atoms with E-state index >= 15 is 0 Å². The largest absolute Gasteiger partial charge is 0.507 e. The van der Waals surface area contributed by atoms with Crippen LogP contribution in [0.25, 0.3) is 5.76 Å². The van der Waals surface area contributed by atoms with E-state index in [2.05, 4.69) is 25.7 Å². The standard InChI is InChI=1S/C30H40N2O5/c1-5-9-20-37-25-12-10-11-23(21-25)27-26(28(33)22-13-15-24(16-14-22)36-19-6-2)29(34)30(35)32(27)18-17-31(7-3)8-4/h10-16,21,27,33H,5-9,17-20H2,1-4H3. The predicted molar refractivity (Wildman–Crippen MR) is 146 cm³/mol. The Morgan fingerprint density at radius 3 is 2.27 bits per heavy atom. The van der Waals surface area contributed by atoms with Gasteiger partial charge in [0, 0.05) is 18.7 Å². The number of carbonyl (C=O) groups is 2. The van der Waals surface area contributed by atoms with Crippen molar-refractivity contribution in [2.45, 2.75) is 53.0 Å². The Hall–Kier alpha value is -3.32. The van der Waals surface area contributed by atoms with Gasteiger partial charge >= 0.3 is 0 Å². The highest BCUT2D eigenvalue weighted by Crippen LogP contribution is 2.40. The van der Waals surface area contributed by atoms with Gasteiger partial charge in [-0.3, -0.25) is 9.59 Å². The van der Waals surface area contributed by atoms with Gasteiger partial charge in [-0.1, -0.05) is 46.2 Å². The number of Topliss-reactive ketones (excluding diaryl/α,β-unsaturated/α-hetero) is 1. The van der Waals surface area contributed by atoms with Gasteiger partial charge in [0.25, 0.3) is 11.7 Å². The molecule has 1 saturated heterocycles. The van der Waals surface area contributed by atoms with Gasteiger partial charge in [0.2, 0.25) is 0 Å². The lowest BCUT2D eigenvalue weighted by atomic mass is 9.95. The number of ether oxygens (including phenoxy) is 2. The topological polar surface area (TPSA) is 79.3 Å².